The van der Waals surface area contributed by atoms with E-state index in [0.717, 1.165) is 5.56 Å². The number of anilines is 4. The molecule has 16 nitrogen and oxygen atoms in total. The van der Waals surface area contributed by atoms with Crippen molar-refractivity contribution >= 4 is 106 Å². The summed E-state index contributed by atoms with van der Waals surface area (Å²) in [6.07, 6.45) is 5.71. The maximum absolute atomic E-state index is 14.0. The number of aromatic amines is 2. The number of fused-ring (bicyclic) bond motifs is 8. The van der Waals surface area contributed by atoms with Crippen molar-refractivity contribution in [3.63, 3.8) is 0 Å². The Bertz CT molecular complexity index is 4090. The fourth-order valence-corrected chi connectivity index (χ4v) is 10.2. The minimum Gasteiger partial charge on any atom is -0.483 e. The van der Waals surface area contributed by atoms with Crippen LogP contribution >= 0.6 is 12.6 Å². The summed E-state index contributed by atoms with van der Waals surface area (Å²) in [6, 6.07) is 44.9. The van der Waals surface area contributed by atoms with Crippen LogP contribution in [0.4, 0.5) is 37.1 Å². The molecule has 10 rings (SSSR count). The van der Waals surface area contributed by atoms with Crippen LogP contribution in [0.5, 0.6) is 5.75 Å². The first-order valence-corrected chi connectivity index (χ1v) is 28.4. The van der Waals surface area contributed by atoms with Gasteiger partial charge in [0, 0.05) is 83.6 Å². The summed E-state index contributed by atoms with van der Waals surface area (Å²) in [5.41, 5.74) is 9.79. The van der Waals surface area contributed by atoms with Crippen LogP contribution in [0, 0.1) is 0 Å². The summed E-state index contributed by atoms with van der Waals surface area (Å²) in [6.45, 7) is 15.9. The molecule has 85 heavy (non-hydrogen) atoms. The van der Waals surface area contributed by atoms with Crippen LogP contribution in [0.15, 0.2) is 146 Å². The number of carbonyl (C=O) groups is 4. The van der Waals surface area contributed by atoms with E-state index in [1.165, 1.54) is 0 Å². The van der Waals surface area contributed by atoms with Gasteiger partial charge in [0.25, 0.3) is 5.91 Å². The van der Waals surface area contributed by atoms with Crippen LogP contribution in [0.25, 0.3) is 90.9 Å². The second-order valence-corrected chi connectivity index (χ2v) is 23.5. The lowest BCUT2D eigenvalue weighted by Crippen LogP contribution is -2.27. The van der Waals surface area contributed by atoms with E-state index in [1.807, 2.05) is 146 Å². The Hall–Kier alpha value is -9.87. The quantitative estimate of drug-likeness (QED) is 0.0454. The van der Waals surface area contributed by atoms with Gasteiger partial charge in [0.2, 0.25) is 0 Å². The number of amides is 4. The predicted molar refractivity (Wildman–Crippen MR) is 343 cm³/mol. The molecule has 3 aromatic heterocycles. The molecule has 0 fully saturated rings. The highest BCUT2D eigenvalue weighted by atomic mass is 32.1. The highest BCUT2D eigenvalue weighted by molar-refractivity contribution is 7.79. The van der Waals surface area contributed by atoms with Gasteiger partial charge in [-0.15, -0.1) is 0 Å². The van der Waals surface area contributed by atoms with E-state index in [1.54, 1.807) is 86.6 Å². The third kappa shape index (κ3) is 13.8. The van der Waals surface area contributed by atoms with E-state index in [4.69, 9.17) is 28.9 Å². The number of H-pyrrole nitrogens is 2. The average Bonchev–Trinajstić information content (AvgIpc) is 3.94. The molecule has 0 saturated heterocycles. The molecule has 0 saturated carbocycles. The molecular weight excluding hydrogens is 1090 g/mol. The molecule has 5 heterocycles. The van der Waals surface area contributed by atoms with Crippen LogP contribution in [-0.4, -0.2) is 67.5 Å². The zero-order valence-electron chi connectivity index (χ0n) is 48.7. The summed E-state index contributed by atoms with van der Waals surface area (Å²) in [4.78, 5) is 73.4. The normalized spacial score (nSPS) is 12.1. The highest BCUT2D eigenvalue weighted by Gasteiger charge is 2.26. The van der Waals surface area contributed by atoms with Crippen molar-refractivity contribution in [2.45, 2.75) is 84.9 Å². The molecule has 6 N–H and O–H groups in total. The number of hydrogen-bond donors (Lipinski definition) is 7. The Labute approximate surface area is 498 Å². The summed E-state index contributed by atoms with van der Waals surface area (Å²) < 4.78 is 23.4. The first kappa shape index (κ1) is 58.3. The van der Waals surface area contributed by atoms with Gasteiger partial charge in [-0.1, -0.05) is 91.0 Å². The topological polar surface area (TPSA) is 211 Å². The molecule has 0 unspecified atom stereocenters. The van der Waals surface area contributed by atoms with E-state index in [-0.39, 0.29) is 6.61 Å². The van der Waals surface area contributed by atoms with Gasteiger partial charge >= 0.3 is 18.3 Å². The van der Waals surface area contributed by atoms with Crippen LogP contribution in [0.3, 0.4) is 0 Å². The average molecular weight is 1160 g/mol. The summed E-state index contributed by atoms with van der Waals surface area (Å²) in [5.74, 6) is 0.590. The molecule has 5 aromatic carbocycles. The molecule has 4 amide bonds. The predicted octanol–water partition coefficient (Wildman–Crippen LogP) is 16.8. The summed E-state index contributed by atoms with van der Waals surface area (Å²) in [7, 11) is 0. The van der Waals surface area contributed by atoms with Crippen molar-refractivity contribution in [2.24, 2.45) is 0 Å². The molecular formula is C68H66N8O8S. The van der Waals surface area contributed by atoms with Crippen LogP contribution in [0.1, 0.15) is 90.7 Å². The third-order valence-electron chi connectivity index (χ3n) is 13.2. The zero-order chi connectivity index (χ0) is 60.2. The lowest BCUT2D eigenvalue weighted by atomic mass is 10.0. The molecule has 0 aliphatic carbocycles. The smallest absolute Gasteiger partial charge is 0.412 e. The minimum absolute atomic E-state index is 0.276. The Morgan fingerprint density at radius 2 is 0.706 bits per heavy atom. The van der Waals surface area contributed by atoms with E-state index in [0.29, 0.717) is 124 Å². The Balaban J connectivity index is 1.29. The Kier molecular flexibility index (Phi) is 16.6. The molecule has 8 aromatic rings. The lowest BCUT2D eigenvalue weighted by Gasteiger charge is -2.20. The van der Waals surface area contributed by atoms with Crippen molar-refractivity contribution in [2.75, 3.05) is 27.9 Å². The first-order valence-electron chi connectivity index (χ1n) is 27.7. The number of aromatic nitrogens is 4. The van der Waals surface area contributed by atoms with E-state index in [9.17, 15) is 19.2 Å². The van der Waals surface area contributed by atoms with E-state index >= 15 is 0 Å². The Morgan fingerprint density at radius 1 is 0.412 bits per heavy atom. The van der Waals surface area contributed by atoms with Crippen LogP contribution in [0.2, 0.25) is 0 Å². The summed E-state index contributed by atoms with van der Waals surface area (Å²) >= 11 is 4.46. The van der Waals surface area contributed by atoms with Crippen molar-refractivity contribution in [1.82, 2.24) is 19.9 Å². The van der Waals surface area contributed by atoms with Gasteiger partial charge in [0.05, 0.1) is 39.8 Å². The number of rotatable bonds is 12. The van der Waals surface area contributed by atoms with Gasteiger partial charge in [0.15, 0.2) is 6.61 Å². The zero-order valence-corrected chi connectivity index (χ0v) is 49.6. The van der Waals surface area contributed by atoms with E-state index in [2.05, 4.69) is 43.9 Å². The third-order valence-corrected chi connectivity index (χ3v) is 13.6. The number of thiol groups is 1. The maximum Gasteiger partial charge on any atom is 0.412 e. The van der Waals surface area contributed by atoms with Crippen LogP contribution < -0.4 is 26.0 Å². The largest absolute Gasteiger partial charge is 0.483 e. The molecule has 0 atom stereocenters. The minimum atomic E-state index is -0.788. The number of carbonyl (C=O) groups excluding carboxylic acids is 4. The van der Waals surface area contributed by atoms with Crippen molar-refractivity contribution in [3.05, 3.63) is 174 Å². The second kappa shape index (κ2) is 24.1. The molecule has 17 heteroatoms. The van der Waals surface area contributed by atoms with Gasteiger partial charge < -0.3 is 34.2 Å². The maximum atomic E-state index is 14.0. The van der Waals surface area contributed by atoms with Crippen molar-refractivity contribution < 1.29 is 38.1 Å². The molecule has 2 aliphatic heterocycles. The van der Waals surface area contributed by atoms with Crippen molar-refractivity contribution in [1.29, 1.82) is 0 Å². The number of benzene rings is 5. The second-order valence-electron chi connectivity index (χ2n) is 23.2. The highest BCUT2D eigenvalue weighted by Crippen LogP contribution is 2.43. The van der Waals surface area contributed by atoms with Gasteiger partial charge in [0.1, 0.15) is 22.6 Å². The molecule has 432 valence electrons. The number of nitrogens with zero attached hydrogens (tertiary/aromatic N) is 2. The first-order chi connectivity index (χ1) is 40.6. The number of ether oxygens (including phenoxy) is 4. The van der Waals surface area contributed by atoms with Gasteiger partial charge in [-0.3, -0.25) is 20.7 Å². The number of para-hydroxylation sites is 5. The molecule has 0 spiro atoms. The fourth-order valence-electron chi connectivity index (χ4n) is 9.92. The molecule has 0 radical (unpaired) electrons. The fraction of sp³-hybridized carbons (Fsp3) is 0.206. The number of hydrogen-bond acceptors (Lipinski definition) is 11. The van der Waals surface area contributed by atoms with E-state index < -0.39 is 41.0 Å². The Morgan fingerprint density at radius 3 is 1.02 bits per heavy atom. The lowest BCUT2D eigenvalue weighted by molar-refractivity contribution is -0.118. The van der Waals surface area contributed by atoms with Gasteiger partial charge in [-0.05, 0) is 141 Å². The van der Waals surface area contributed by atoms with Crippen LogP contribution in [-0.2, 0) is 24.8 Å². The molecule has 8 bridgehead atoms. The van der Waals surface area contributed by atoms with Crippen molar-refractivity contribution in [3.8, 4) is 50.3 Å². The summed E-state index contributed by atoms with van der Waals surface area (Å²) in [5, 5.41) is 12.1. The molecule has 2 aliphatic rings. The van der Waals surface area contributed by atoms with Gasteiger partial charge in [-0.25, -0.2) is 24.4 Å². The number of nitrogens with one attached hydrogen (secondary N) is 6. The standard InChI is InChI=1S/C68H66N8O8S/c1-66(2,3)82-63(78)74-46-26-16-12-22-42(46)60-51-32-30-49(69-51)59(41-21-11-15-25-45(41)73-58(77)38-81-57-29-19-10-20-40(57)39-85)50-31-33-52(70-50)61(43-23-13-17-27-47(43)75-64(79)83-67(4,5)6)54-35-37-56(72-54)62(55-36-34-53(60)71-55)44-24-14-18-28-48(44)76-65(80)84-68(7,8)9/h10-37,69,72,85H,38-39H2,1-9H3,(H,73,77)(H,74,78)(H,75,79)(H,76,80). The SMILES string of the molecule is CC(C)(C)OC(=O)Nc1ccccc1-c1c2nc(c(-c3ccccc3NC(=O)OC(C)(C)C)c3ccc([nH]3)c(-c3ccccc3NC(=O)OC(C)(C)C)c3nc(c(-c4ccccc4NC(=O)COc4ccccc4CS)c4ccc1[nH]4)C=C3)C=C2. The monoisotopic (exact) mass is 1150 g/mol. The van der Waals surface area contributed by atoms with Gasteiger partial charge in [-0.2, -0.15) is 12.6 Å².